The molecule has 1 aliphatic rings. The van der Waals surface area contributed by atoms with Crippen molar-refractivity contribution in [2.45, 2.75) is 13.0 Å². The van der Waals surface area contributed by atoms with Gasteiger partial charge in [0.1, 0.15) is 5.75 Å². The third-order valence-electron chi connectivity index (χ3n) is 4.56. The fraction of sp³-hybridized carbons (Fsp3) is 0.217. The molecule has 0 saturated heterocycles. The maximum Gasteiger partial charge on any atom is 0.387 e. The van der Waals surface area contributed by atoms with Crippen molar-refractivity contribution in [3.8, 4) is 5.75 Å². The van der Waals surface area contributed by atoms with Crippen LogP contribution in [0.3, 0.4) is 0 Å². The number of hydrogen-bond acceptors (Lipinski definition) is 4. The molecular weight excluding hydrogens is 392 g/mol. The number of ether oxygens (including phenoxy) is 2. The lowest BCUT2D eigenvalue weighted by Crippen LogP contribution is -2.37. The van der Waals surface area contributed by atoms with E-state index in [1.807, 2.05) is 36.4 Å². The third-order valence-corrected chi connectivity index (χ3v) is 4.56. The van der Waals surface area contributed by atoms with E-state index in [1.54, 1.807) is 4.90 Å². The predicted octanol–water partition coefficient (Wildman–Crippen LogP) is 4.16. The number of carbonyl (C=O) groups is 2. The van der Waals surface area contributed by atoms with Gasteiger partial charge in [-0.25, -0.2) is 4.79 Å². The molecule has 0 radical (unpaired) electrons. The van der Waals surface area contributed by atoms with Gasteiger partial charge < -0.3 is 14.4 Å². The van der Waals surface area contributed by atoms with E-state index in [4.69, 9.17) is 4.74 Å². The molecule has 3 rings (SSSR count). The van der Waals surface area contributed by atoms with Crippen molar-refractivity contribution in [2.75, 3.05) is 19.7 Å². The number of carbonyl (C=O) groups excluding carboxylic acids is 2. The number of amides is 1. The summed E-state index contributed by atoms with van der Waals surface area (Å²) in [6, 6.07) is 15.8. The molecule has 2 aromatic carbocycles. The minimum absolute atomic E-state index is 0.0290. The quantitative estimate of drug-likeness (QED) is 0.505. The Kier molecular flexibility index (Phi) is 7.32. The van der Waals surface area contributed by atoms with E-state index in [2.05, 4.69) is 4.74 Å². The minimum Gasteiger partial charge on any atom is -0.452 e. The molecule has 30 heavy (non-hydrogen) atoms. The van der Waals surface area contributed by atoms with Crippen LogP contribution < -0.4 is 4.74 Å². The standard InChI is InChI=1S/C23H21F2NO4/c24-23(25)30-20-9-6-17(7-10-20)8-11-22(28)29-16-21(27)26-14-12-19(13-15-26)18-4-2-1-3-5-18/h1-12,23H,13-16H2/b11-8+. The molecule has 2 aromatic rings. The zero-order valence-electron chi connectivity index (χ0n) is 16.2. The first-order chi connectivity index (χ1) is 14.5. The molecule has 0 unspecified atom stereocenters. The van der Waals surface area contributed by atoms with E-state index in [9.17, 15) is 18.4 Å². The topological polar surface area (TPSA) is 55.8 Å². The lowest BCUT2D eigenvalue weighted by molar-refractivity contribution is -0.147. The number of alkyl halides is 2. The van der Waals surface area contributed by atoms with Crippen LogP contribution in [0, 0.1) is 0 Å². The molecule has 5 nitrogen and oxygen atoms in total. The van der Waals surface area contributed by atoms with Crippen molar-refractivity contribution in [3.05, 3.63) is 77.9 Å². The maximum absolute atomic E-state index is 12.3. The molecule has 156 valence electrons. The van der Waals surface area contributed by atoms with Crippen molar-refractivity contribution in [1.82, 2.24) is 4.90 Å². The molecule has 1 heterocycles. The molecule has 0 aliphatic carbocycles. The molecule has 0 spiro atoms. The van der Waals surface area contributed by atoms with Gasteiger partial charge in [-0.3, -0.25) is 4.79 Å². The summed E-state index contributed by atoms with van der Waals surface area (Å²) >= 11 is 0. The Morgan fingerprint density at radius 2 is 1.80 bits per heavy atom. The lowest BCUT2D eigenvalue weighted by atomic mass is 10.00. The zero-order valence-corrected chi connectivity index (χ0v) is 16.2. The Labute approximate surface area is 173 Å². The van der Waals surface area contributed by atoms with E-state index < -0.39 is 12.6 Å². The minimum atomic E-state index is -2.89. The number of rotatable bonds is 7. The SMILES string of the molecule is O=C(/C=C/c1ccc(OC(F)F)cc1)OCC(=O)N1CC=C(c2ccccc2)CC1. The second-order valence-electron chi connectivity index (χ2n) is 6.57. The van der Waals surface area contributed by atoms with Gasteiger partial charge in [-0.1, -0.05) is 48.5 Å². The Hall–Kier alpha value is -3.48. The van der Waals surface area contributed by atoms with Crippen LogP contribution in [0.4, 0.5) is 8.78 Å². The summed E-state index contributed by atoms with van der Waals surface area (Å²) in [6.45, 7) is -2.18. The highest BCUT2D eigenvalue weighted by molar-refractivity contribution is 5.89. The molecule has 0 bridgehead atoms. The summed E-state index contributed by atoms with van der Waals surface area (Å²) in [5.41, 5.74) is 2.95. The fourth-order valence-corrected chi connectivity index (χ4v) is 3.01. The highest BCUT2D eigenvalue weighted by Gasteiger charge is 2.18. The van der Waals surface area contributed by atoms with E-state index in [-0.39, 0.29) is 18.3 Å². The van der Waals surface area contributed by atoms with Crippen LogP contribution in [0.2, 0.25) is 0 Å². The highest BCUT2D eigenvalue weighted by atomic mass is 19.3. The van der Waals surface area contributed by atoms with E-state index in [0.29, 0.717) is 18.7 Å². The Bertz CT molecular complexity index is 924. The molecule has 0 atom stereocenters. The summed E-state index contributed by atoms with van der Waals surface area (Å²) in [7, 11) is 0. The number of hydrogen-bond donors (Lipinski definition) is 0. The van der Waals surface area contributed by atoms with Crippen molar-refractivity contribution < 1.29 is 27.8 Å². The smallest absolute Gasteiger partial charge is 0.387 e. The van der Waals surface area contributed by atoms with Crippen LogP contribution in [-0.4, -0.2) is 43.1 Å². The van der Waals surface area contributed by atoms with Crippen LogP contribution in [0.1, 0.15) is 17.5 Å². The Morgan fingerprint density at radius 1 is 1.07 bits per heavy atom. The predicted molar refractivity (Wildman–Crippen MR) is 109 cm³/mol. The van der Waals surface area contributed by atoms with Gasteiger partial charge in [-0.15, -0.1) is 0 Å². The molecule has 7 heteroatoms. The average Bonchev–Trinajstić information content (AvgIpc) is 2.77. The van der Waals surface area contributed by atoms with Gasteiger partial charge in [0.15, 0.2) is 6.61 Å². The maximum atomic E-state index is 12.3. The second kappa shape index (κ2) is 10.3. The van der Waals surface area contributed by atoms with Crippen LogP contribution in [0.5, 0.6) is 5.75 Å². The van der Waals surface area contributed by atoms with E-state index in [1.165, 1.54) is 42.0 Å². The molecular formula is C23H21F2NO4. The number of halogens is 2. The highest BCUT2D eigenvalue weighted by Crippen LogP contribution is 2.22. The zero-order chi connectivity index (χ0) is 21.3. The fourth-order valence-electron chi connectivity index (χ4n) is 3.01. The molecule has 1 amide bonds. The lowest BCUT2D eigenvalue weighted by Gasteiger charge is -2.26. The van der Waals surface area contributed by atoms with Crippen molar-refractivity contribution in [1.29, 1.82) is 0 Å². The van der Waals surface area contributed by atoms with Crippen LogP contribution in [-0.2, 0) is 14.3 Å². The Morgan fingerprint density at radius 3 is 2.43 bits per heavy atom. The number of nitrogens with zero attached hydrogens (tertiary/aromatic N) is 1. The van der Waals surface area contributed by atoms with Crippen molar-refractivity contribution in [2.24, 2.45) is 0 Å². The first-order valence-corrected chi connectivity index (χ1v) is 9.43. The van der Waals surface area contributed by atoms with Gasteiger partial charge in [0.25, 0.3) is 5.91 Å². The monoisotopic (exact) mass is 413 g/mol. The van der Waals surface area contributed by atoms with Gasteiger partial charge in [-0.2, -0.15) is 8.78 Å². The summed E-state index contributed by atoms with van der Waals surface area (Å²) in [5, 5.41) is 0. The molecule has 0 saturated carbocycles. The second-order valence-corrected chi connectivity index (χ2v) is 6.57. The van der Waals surface area contributed by atoms with Crippen molar-refractivity contribution >= 4 is 23.5 Å². The summed E-state index contributed by atoms with van der Waals surface area (Å²) in [4.78, 5) is 25.7. The molecule has 0 N–H and O–H groups in total. The van der Waals surface area contributed by atoms with Gasteiger partial charge in [-0.05, 0) is 41.3 Å². The normalized spacial score (nSPS) is 14.0. The van der Waals surface area contributed by atoms with E-state index in [0.717, 1.165) is 12.0 Å². The van der Waals surface area contributed by atoms with Crippen LogP contribution in [0.15, 0.2) is 66.7 Å². The number of esters is 1. The molecule has 0 aromatic heterocycles. The van der Waals surface area contributed by atoms with Crippen LogP contribution in [0.25, 0.3) is 11.6 Å². The van der Waals surface area contributed by atoms with Crippen LogP contribution >= 0.6 is 0 Å². The first kappa shape index (κ1) is 21.2. The third kappa shape index (κ3) is 6.27. The largest absolute Gasteiger partial charge is 0.452 e. The summed E-state index contributed by atoms with van der Waals surface area (Å²) in [5.74, 6) is -0.885. The van der Waals surface area contributed by atoms with Gasteiger partial charge in [0.2, 0.25) is 0 Å². The van der Waals surface area contributed by atoms with Gasteiger partial charge in [0.05, 0.1) is 0 Å². The van der Waals surface area contributed by atoms with Gasteiger partial charge in [0, 0.05) is 19.2 Å². The Balaban J connectivity index is 1.44. The van der Waals surface area contributed by atoms with Crippen molar-refractivity contribution in [3.63, 3.8) is 0 Å². The average molecular weight is 413 g/mol. The summed E-state index contributed by atoms with van der Waals surface area (Å²) in [6.07, 6.45) is 5.41. The first-order valence-electron chi connectivity index (χ1n) is 9.43. The van der Waals surface area contributed by atoms with Gasteiger partial charge >= 0.3 is 12.6 Å². The molecule has 1 aliphatic heterocycles. The number of benzene rings is 2. The molecule has 0 fully saturated rings. The van der Waals surface area contributed by atoms with E-state index >= 15 is 0 Å². The summed E-state index contributed by atoms with van der Waals surface area (Å²) < 4.78 is 33.5.